The number of fused-ring (bicyclic) bond motifs is 1. The van der Waals surface area contributed by atoms with Crippen LogP contribution in [-0.2, 0) is 11.2 Å². The third-order valence-corrected chi connectivity index (χ3v) is 3.71. The first-order valence-corrected chi connectivity index (χ1v) is 6.75. The van der Waals surface area contributed by atoms with E-state index >= 15 is 0 Å². The van der Waals surface area contributed by atoms with Crippen molar-refractivity contribution in [1.29, 1.82) is 0 Å². The van der Waals surface area contributed by atoms with Crippen LogP contribution in [-0.4, -0.2) is 11.5 Å². The maximum Gasteiger partial charge on any atom is 0.261 e. The highest BCUT2D eigenvalue weighted by molar-refractivity contribution is 5.84. The largest absolute Gasteiger partial charge is 0.477 e. The van der Waals surface area contributed by atoms with Crippen molar-refractivity contribution in [1.82, 2.24) is 0 Å². The Kier molecular flexibility index (Phi) is 3.90. The van der Waals surface area contributed by atoms with Crippen LogP contribution >= 0.6 is 0 Å². The summed E-state index contributed by atoms with van der Waals surface area (Å²) in [5.74, 6) is 0.493. The Morgan fingerprint density at radius 1 is 1.39 bits per heavy atom. The molecular weight excluding hydrogens is 226 g/mol. The summed E-state index contributed by atoms with van der Waals surface area (Å²) in [5.41, 5.74) is 5.96. The van der Waals surface area contributed by atoms with E-state index in [1.807, 2.05) is 24.3 Å². The van der Waals surface area contributed by atoms with Gasteiger partial charge >= 0.3 is 0 Å². The standard InChI is InChI=1S/C15H21NO2/c1-2-3-6-10-15(14(16)17)11-9-12-7-4-5-8-13(12)18-15/h4-5,7-8H,2-3,6,9-11H2,1H3,(H2,16,17). The molecule has 2 N–H and O–H groups in total. The van der Waals surface area contributed by atoms with Crippen LogP contribution in [0.2, 0.25) is 0 Å². The number of aryl methyl sites for hydroxylation is 1. The highest BCUT2D eigenvalue weighted by Gasteiger charge is 2.41. The second-order valence-electron chi connectivity index (χ2n) is 5.03. The van der Waals surface area contributed by atoms with Crippen molar-refractivity contribution in [2.45, 2.75) is 51.0 Å². The average molecular weight is 247 g/mol. The van der Waals surface area contributed by atoms with Gasteiger partial charge < -0.3 is 10.5 Å². The molecule has 3 nitrogen and oxygen atoms in total. The predicted octanol–water partition coefficient (Wildman–Crippen LogP) is 2.82. The first kappa shape index (κ1) is 12.9. The number of ether oxygens (including phenoxy) is 1. The van der Waals surface area contributed by atoms with Gasteiger partial charge in [-0.05, 0) is 30.9 Å². The summed E-state index contributed by atoms with van der Waals surface area (Å²) in [4.78, 5) is 11.8. The van der Waals surface area contributed by atoms with E-state index in [4.69, 9.17) is 10.5 Å². The summed E-state index contributed by atoms with van der Waals surface area (Å²) >= 11 is 0. The number of unbranched alkanes of at least 4 members (excludes halogenated alkanes) is 2. The average Bonchev–Trinajstić information content (AvgIpc) is 2.38. The van der Waals surface area contributed by atoms with Crippen molar-refractivity contribution in [2.75, 3.05) is 0 Å². The molecule has 3 heteroatoms. The number of carbonyl (C=O) groups is 1. The maximum absolute atomic E-state index is 11.8. The number of hydrogen-bond acceptors (Lipinski definition) is 2. The number of benzene rings is 1. The Morgan fingerprint density at radius 3 is 2.89 bits per heavy atom. The molecule has 1 unspecified atom stereocenters. The molecule has 1 amide bonds. The van der Waals surface area contributed by atoms with Crippen molar-refractivity contribution >= 4 is 5.91 Å². The van der Waals surface area contributed by atoms with Gasteiger partial charge in [-0.25, -0.2) is 0 Å². The zero-order valence-electron chi connectivity index (χ0n) is 10.9. The van der Waals surface area contributed by atoms with Gasteiger partial charge in [-0.3, -0.25) is 4.79 Å². The molecule has 0 aromatic heterocycles. The van der Waals surface area contributed by atoms with Crippen molar-refractivity contribution in [3.05, 3.63) is 29.8 Å². The topological polar surface area (TPSA) is 52.3 Å². The van der Waals surface area contributed by atoms with Gasteiger partial charge in [0, 0.05) is 6.42 Å². The third-order valence-electron chi connectivity index (χ3n) is 3.71. The Hall–Kier alpha value is -1.51. The number of rotatable bonds is 5. The lowest BCUT2D eigenvalue weighted by Gasteiger charge is -2.36. The van der Waals surface area contributed by atoms with Gasteiger partial charge in [-0.2, -0.15) is 0 Å². The summed E-state index contributed by atoms with van der Waals surface area (Å²) in [6.45, 7) is 2.15. The molecule has 2 rings (SSSR count). The molecule has 0 aliphatic carbocycles. The van der Waals surface area contributed by atoms with Crippen LogP contribution in [0.1, 0.15) is 44.6 Å². The molecule has 18 heavy (non-hydrogen) atoms. The number of primary amides is 1. The normalized spacial score (nSPS) is 22.1. The van der Waals surface area contributed by atoms with Gasteiger partial charge in [-0.15, -0.1) is 0 Å². The van der Waals surface area contributed by atoms with E-state index < -0.39 is 5.60 Å². The monoisotopic (exact) mass is 247 g/mol. The van der Waals surface area contributed by atoms with Gasteiger partial charge in [0.05, 0.1) is 0 Å². The molecule has 0 saturated heterocycles. The third kappa shape index (κ3) is 2.50. The van der Waals surface area contributed by atoms with Gasteiger partial charge in [0.25, 0.3) is 5.91 Å². The fraction of sp³-hybridized carbons (Fsp3) is 0.533. The highest BCUT2D eigenvalue weighted by Crippen LogP contribution is 2.36. The van der Waals surface area contributed by atoms with Crippen molar-refractivity contribution in [2.24, 2.45) is 5.73 Å². The first-order chi connectivity index (χ1) is 8.68. The smallest absolute Gasteiger partial charge is 0.261 e. The zero-order valence-corrected chi connectivity index (χ0v) is 10.9. The predicted molar refractivity (Wildman–Crippen MR) is 71.5 cm³/mol. The number of amides is 1. The van der Waals surface area contributed by atoms with Crippen LogP contribution in [0, 0.1) is 0 Å². The second-order valence-corrected chi connectivity index (χ2v) is 5.03. The lowest BCUT2D eigenvalue weighted by Crippen LogP contribution is -2.51. The SMILES string of the molecule is CCCCCC1(C(N)=O)CCc2ccccc2O1. The molecule has 1 atom stereocenters. The van der Waals surface area contributed by atoms with Gasteiger partial charge in [-0.1, -0.05) is 38.0 Å². The lowest BCUT2D eigenvalue weighted by molar-refractivity contribution is -0.135. The molecule has 1 aromatic rings. The highest BCUT2D eigenvalue weighted by atomic mass is 16.5. The van der Waals surface area contributed by atoms with Gasteiger partial charge in [0.1, 0.15) is 5.75 Å². The molecule has 1 aromatic carbocycles. The summed E-state index contributed by atoms with van der Waals surface area (Å²) < 4.78 is 5.95. The Bertz CT molecular complexity index is 430. The van der Waals surface area contributed by atoms with Crippen LogP contribution in [0.5, 0.6) is 5.75 Å². The van der Waals surface area contributed by atoms with E-state index in [0.717, 1.165) is 37.9 Å². The fourth-order valence-corrected chi connectivity index (χ4v) is 2.54. The molecule has 1 aliphatic rings. The molecule has 1 heterocycles. The molecule has 0 spiro atoms. The minimum absolute atomic E-state index is 0.326. The fourth-order valence-electron chi connectivity index (χ4n) is 2.54. The molecular formula is C15H21NO2. The molecule has 0 bridgehead atoms. The molecule has 0 fully saturated rings. The van der Waals surface area contributed by atoms with Gasteiger partial charge in [0.2, 0.25) is 0 Å². The van der Waals surface area contributed by atoms with Crippen LogP contribution < -0.4 is 10.5 Å². The lowest BCUT2D eigenvalue weighted by atomic mass is 9.86. The second kappa shape index (κ2) is 5.42. The van der Waals surface area contributed by atoms with E-state index in [0.29, 0.717) is 6.42 Å². The van der Waals surface area contributed by atoms with Crippen LogP contribution in [0.4, 0.5) is 0 Å². The van der Waals surface area contributed by atoms with E-state index in [-0.39, 0.29) is 5.91 Å². The van der Waals surface area contributed by atoms with Crippen LogP contribution in [0.3, 0.4) is 0 Å². The molecule has 98 valence electrons. The van der Waals surface area contributed by atoms with Crippen LogP contribution in [0.25, 0.3) is 0 Å². The van der Waals surface area contributed by atoms with E-state index in [2.05, 4.69) is 6.92 Å². The molecule has 0 saturated carbocycles. The van der Waals surface area contributed by atoms with Gasteiger partial charge in [0.15, 0.2) is 5.60 Å². The van der Waals surface area contributed by atoms with Crippen molar-refractivity contribution in [3.63, 3.8) is 0 Å². The number of carbonyl (C=O) groups excluding carboxylic acids is 1. The molecule has 1 aliphatic heterocycles. The van der Waals surface area contributed by atoms with Crippen molar-refractivity contribution in [3.8, 4) is 5.75 Å². The van der Waals surface area contributed by atoms with Crippen LogP contribution in [0.15, 0.2) is 24.3 Å². The zero-order chi connectivity index (χ0) is 13.0. The minimum atomic E-state index is -0.788. The quantitative estimate of drug-likeness (QED) is 0.813. The molecule has 0 radical (unpaired) electrons. The summed E-state index contributed by atoms with van der Waals surface area (Å²) in [6.07, 6.45) is 5.52. The minimum Gasteiger partial charge on any atom is -0.477 e. The van der Waals surface area contributed by atoms with E-state index in [1.54, 1.807) is 0 Å². The van der Waals surface area contributed by atoms with E-state index in [9.17, 15) is 4.79 Å². The summed E-state index contributed by atoms with van der Waals surface area (Å²) in [6, 6.07) is 7.90. The number of nitrogens with two attached hydrogens (primary N) is 1. The maximum atomic E-state index is 11.8. The first-order valence-electron chi connectivity index (χ1n) is 6.75. The Labute approximate surface area is 108 Å². The summed E-state index contributed by atoms with van der Waals surface area (Å²) in [5, 5.41) is 0. The summed E-state index contributed by atoms with van der Waals surface area (Å²) in [7, 11) is 0. The number of para-hydroxylation sites is 1. The van der Waals surface area contributed by atoms with E-state index in [1.165, 1.54) is 5.56 Å². The Morgan fingerprint density at radius 2 is 2.17 bits per heavy atom. The number of hydrogen-bond donors (Lipinski definition) is 1. The Balaban J connectivity index is 2.16. The van der Waals surface area contributed by atoms with Crippen molar-refractivity contribution < 1.29 is 9.53 Å².